The molecule has 0 saturated carbocycles. The number of carboxylic acids is 1. The first-order valence-corrected chi connectivity index (χ1v) is 6.71. The van der Waals surface area contributed by atoms with E-state index in [1.807, 2.05) is 6.92 Å². The van der Waals surface area contributed by atoms with E-state index in [2.05, 4.69) is 0 Å². The Balaban J connectivity index is 2.64. The molecular formula is C14H18ClNO4. The second kappa shape index (κ2) is 7.75. The maximum Gasteiger partial charge on any atom is 0.323 e. The topological polar surface area (TPSA) is 66.8 Å². The van der Waals surface area contributed by atoms with Crippen LogP contribution in [0.15, 0.2) is 24.3 Å². The largest absolute Gasteiger partial charge is 0.484 e. The van der Waals surface area contributed by atoms with Gasteiger partial charge in [-0.1, -0.05) is 24.6 Å². The van der Waals surface area contributed by atoms with Gasteiger partial charge in [0.25, 0.3) is 5.91 Å². The number of hydrogen-bond acceptors (Lipinski definition) is 3. The van der Waals surface area contributed by atoms with Gasteiger partial charge in [-0.15, -0.1) is 0 Å². The summed E-state index contributed by atoms with van der Waals surface area (Å²) in [6.07, 6.45) is 0.677. The first-order valence-electron chi connectivity index (χ1n) is 6.33. The lowest BCUT2D eigenvalue weighted by molar-refractivity contribution is -0.147. The van der Waals surface area contributed by atoms with Crippen molar-refractivity contribution in [1.29, 1.82) is 0 Å². The van der Waals surface area contributed by atoms with Crippen molar-refractivity contribution in [2.75, 3.05) is 13.2 Å². The van der Waals surface area contributed by atoms with Gasteiger partial charge in [0.1, 0.15) is 12.3 Å². The van der Waals surface area contributed by atoms with E-state index in [9.17, 15) is 9.59 Å². The Morgan fingerprint density at radius 1 is 1.45 bits per heavy atom. The lowest BCUT2D eigenvalue weighted by Gasteiger charge is -2.26. The first kappa shape index (κ1) is 16.3. The molecule has 0 saturated heterocycles. The van der Waals surface area contributed by atoms with Crippen LogP contribution < -0.4 is 4.74 Å². The normalized spacial score (nSPS) is 11.8. The minimum Gasteiger partial charge on any atom is -0.484 e. The zero-order valence-corrected chi connectivity index (χ0v) is 12.3. The summed E-state index contributed by atoms with van der Waals surface area (Å²) in [7, 11) is 0. The van der Waals surface area contributed by atoms with Gasteiger partial charge in [0.05, 0.1) is 0 Å². The third kappa shape index (κ3) is 5.09. The minimum atomic E-state index is -1.04. The highest BCUT2D eigenvalue weighted by Crippen LogP contribution is 2.17. The van der Waals surface area contributed by atoms with Crippen molar-refractivity contribution in [2.24, 2.45) is 0 Å². The van der Waals surface area contributed by atoms with Gasteiger partial charge in [0.2, 0.25) is 0 Å². The minimum absolute atomic E-state index is 0.151. The summed E-state index contributed by atoms with van der Waals surface area (Å²) in [5, 5.41) is 9.36. The van der Waals surface area contributed by atoms with Crippen LogP contribution >= 0.6 is 11.6 Å². The fraction of sp³-hybridized carbons (Fsp3) is 0.429. The Bertz CT molecular complexity index is 478. The summed E-state index contributed by atoms with van der Waals surface area (Å²) < 4.78 is 5.34. The summed E-state index contributed by atoms with van der Waals surface area (Å²) in [5.41, 5.74) is 0. The zero-order valence-electron chi connectivity index (χ0n) is 11.5. The fourth-order valence-electron chi connectivity index (χ4n) is 1.64. The van der Waals surface area contributed by atoms with Crippen LogP contribution in [0.1, 0.15) is 20.3 Å². The molecule has 1 aromatic rings. The van der Waals surface area contributed by atoms with Gasteiger partial charge in [-0.25, -0.2) is 0 Å². The van der Waals surface area contributed by atoms with Crippen LogP contribution in [0.3, 0.4) is 0 Å². The summed E-state index contributed by atoms with van der Waals surface area (Å²) in [4.78, 5) is 24.1. The average molecular weight is 300 g/mol. The first-order chi connectivity index (χ1) is 9.43. The number of aliphatic carboxylic acids is 1. The van der Waals surface area contributed by atoms with Crippen molar-refractivity contribution in [1.82, 2.24) is 4.90 Å². The second-order valence-corrected chi connectivity index (χ2v) is 4.86. The molecule has 1 aromatic carbocycles. The smallest absolute Gasteiger partial charge is 0.323 e. The van der Waals surface area contributed by atoms with E-state index in [1.54, 1.807) is 31.2 Å². The molecule has 5 nitrogen and oxygen atoms in total. The second-order valence-electron chi connectivity index (χ2n) is 4.42. The molecule has 0 aromatic heterocycles. The molecule has 1 rings (SSSR count). The van der Waals surface area contributed by atoms with E-state index in [4.69, 9.17) is 21.4 Å². The van der Waals surface area contributed by atoms with Gasteiger partial charge in [-0.3, -0.25) is 9.59 Å². The predicted octanol–water partition coefficient (Wildman–Crippen LogP) is 2.43. The lowest BCUT2D eigenvalue weighted by Crippen LogP contribution is -2.44. The molecule has 0 fully saturated rings. The SMILES string of the molecule is CCC(C)N(CC(=O)O)C(=O)COc1cccc(Cl)c1. The third-order valence-electron chi connectivity index (χ3n) is 2.91. The van der Waals surface area contributed by atoms with E-state index >= 15 is 0 Å². The molecule has 1 N–H and O–H groups in total. The van der Waals surface area contributed by atoms with Gasteiger partial charge in [-0.05, 0) is 31.5 Å². The number of ether oxygens (including phenoxy) is 1. The molecule has 20 heavy (non-hydrogen) atoms. The van der Waals surface area contributed by atoms with Gasteiger partial charge in [-0.2, -0.15) is 0 Å². The van der Waals surface area contributed by atoms with Crippen LogP contribution in [0, 0.1) is 0 Å². The molecule has 1 unspecified atom stereocenters. The Morgan fingerprint density at radius 2 is 2.15 bits per heavy atom. The maximum atomic E-state index is 12.0. The van der Waals surface area contributed by atoms with Crippen LogP contribution in [-0.4, -0.2) is 41.1 Å². The van der Waals surface area contributed by atoms with Gasteiger partial charge in [0, 0.05) is 11.1 Å². The number of benzene rings is 1. The standard InChI is InChI=1S/C14H18ClNO4/c1-3-10(2)16(8-14(18)19)13(17)9-20-12-6-4-5-11(15)7-12/h4-7,10H,3,8-9H2,1-2H3,(H,18,19). The number of carbonyl (C=O) groups excluding carboxylic acids is 1. The summed E-state index contributed by atoms with van der Waals surface area (Å²) >= 11 is 5.81. The maximum absolute atomic E-state index is 12.0. The number of amides is 1. The number of hydrogen-bond donors (Lipinski definition) is 1. The van der Waals surface area contributed by atoms with Crippen LogP contribution in [0.4, 0.5) is 0 Å². The molecule has 0 aliphatic rings. The number of halogens is 1. The molecule has 0 heterocycles. The highest BCUT2D eigenvalue weighted by Gasteiger charge is 2.21. The van der Waals surface area contributed by atoms with Gasteiger partial charge in [0.15, 0.2) is 6.61 Å². The highest BCUT2D eigenvalue weighted by atomic mass is 35.5. The Labute approximate surface area is 123 Å². The van der Waals surface area contributed by atoms with Gasteiger partial charge >= 0.3 is 5.97 Å². The number of rotatable bonds is 7. The molecule has 0 bridgehead atoms. The molecule has 0 aliphatic carbocycles. The summed E-state index contributed by atoms with van der Waals surface area (Å²) in [6.45, 7) is 3.16. The number of nitrogens with zero attached hydrogens (tertiary/aromatic N) is 1. The Morgan fingerprint density at radius 3 is 2.70 bits per heavy atom. The van der Waals surface area contributed by atoms with Crippen LogP contribution in [0.5, 0.6) is 5.75 Å². The molecule has 0 radical (unpaired) electrons. The molecule has 0 spiro atoms. The molecule has 1 amide bonds. The predicted molar refractivity (Wildman–Crippen MR) is 76.0 cm³/mol. The molecule has 110 valence electrons. The van der Waals surface area contributed by atoms with Gasteiger partial charge < -0.3 is 14.7 Å². The molecule has 0 aliphatic heterocycles. The summed E-state index contributed by atoms with van der Waals surface area (Å²) in [5.74, 6) is -0.923. The number of carboxylic acid groups (broad SMARTS) is 1. The van der Waals surface area contributed by atoms with E-state index in [1.165, 1.54) is 4.90 Å². The fourth-order valence-corrected chi connectivity index (χ4v) is 1.82. The average Bonchev–Trinajstić information content (AvgIpc) is 2.41. The third-order valence-corrected chi connectivity index (χ3v) is 3.14. The van der Waals surface area contributed by atoms with Crippen molar-refractivity contribution < 1.29 is 19.4 Å². The van der Waals surface area contributed by atoms with Crippen molar-refractivity contribution >= 4 is 23.5 Å². The molecular weight excluding hydrogens is 282 g/mol. The van der Waals surface area contributed by atoms with E-state index in [-0.39, 0.29) is 25.1 Å². The zero-order chi connectivity index (χ0) is 15.1. The highest BCUT2D eigenvalue weighted by molar-refractivity contribution is 6.30. The molecule has 6 heteroatoms. The van der Waals surface area contributed by atoms with Crippen LogP contribution in [0.25, 0.3) is 0 Å². The lowest BCUT2D eigenvalue weighted by atomic mass is 10.2. The monoisotopic (exact) mass is 299 g/mol. The Kier molecular flexibility index (Phi) is 6.31. The molecule has 1 atom stereocenters. The summed E-state index contributed by atoms with van der Waals surface area (Å²) in [6, 6.07) is 6.54. The van der Waals surface area contributed by atoms with Crippen LogP contribution in [0.2, 0.25) is 5.02 Å². The van der Waals surface area contributed by atoms with E-state index in [0.717, 1.165) is 0 Å². The van der Waals surface area contributed by atoms with Crippen molar-refractivity contribution in [2.45, 2.75) is 26.3 Å². The quantitative estimate of drug-likeness (QED) is 0.839. The van der Waals surface area contributed by atoms with E-state index in [0.29, 0.717) is 17.2 Å². The Hall–Kier alpha value is -1.75. The van der Waals surface area contributed by atoms with Crippen LogP contribution in [-0.2, 0) is 9.59 Å². The van der Waals surface area contributed by atoms with Crippen molar-refractivity contribution in [3.8, 4) is 5.75 Å². The van der Waals surface area contributed by atoms with Crippen molar-refractivity contribution in [3.63, 3.8) is 0 Å². The number of carbonyl (C=O) groups is 2. The van der Waals surface area contributed by atoms with E-state index < -0.39 is 5.97 Å². The van der Waals surface area contributed by atoms with Crippen molar-refractivity contribution in [3.05, 3.63) is 29.3 Å².